The van der Waals surface area contributed by atoms with Crippen molar-refractivity contribution in [3.05, 3.63) is 65.4 Å². The third-order valence-corrected chi connectivity index (χ3v) is 7.53. The molecule has 36 heavy (non-hydrogen) atoms. The number of carboxylic acid groups (broad SMARTS) is 1. The Balaban J connectivity index is 1.42. The molecule has 190 valence electrons. The van der Waals surface area contributed by atoms with Crippen LogP contribution in [0.2, 0.25) is 0 Å². The summed E-state index contributed by atoms with van der Waals surface area (Å²) in [6, 6.07) is 12.9. The number of nitrogens with zero attached hydrogens (tertiary/aromatic N) is 2. The van der Waals surface area contributed by atoms with Crippen molar-refractivity contribution in [1.82, 2.24) is 9.88 Å². The van der Waals surface area contributed by atoms with Crippen molar-refractivity contribution in [2.45, 2.75) is 58.3 Å². The Labute approximate surface area is 212 Å². The zero-order valence-electron chi connectivity index (χ0n) is 20.9. The molecule has 2 N–H and O–H groups in total. The average Bonchev–Trinajstić information content (AvgIpc) is 2.88. The molecule has 0 radical (unpaired) electrons. The molecular weight excluding hydrogens is 454 g/mol. The van der Waals surface area contributed by atoms with Crippen molar-refractivity contribution in [3.8, 4) is 0 Å². The van der Waals surface area contributed by atoms with Crippen molar-refractivity contribution in [2.75, 3.05) is 18.4 Å². The predicted octanol–water partition coefficient (Wildman–Crippen LogP) is 5.32. The highest BCUT2D eigenvalue weighted by molar-refractivity contribution is 5.95. The van der Waals surface area contributed by atoms with Gasteiger partial charge in [-0.25, -0.2) is 9.78 Å². The van der Waals surface area contributed by atoms with Crippen LogP contribution in [0.5, 0.6) is 0 Å². The Kier molecular flexibility index (Phi) is 8.18. The van der Waals surface area contributed by atoms with E-state index < -0.39 is 11.4 Å². The van der Waals surface area contributed by atoms with E-state index in [1.807, 2.05) is 42.2 Å². The summed E-state index contributed by atoms with van der Waals surface area (Å²) in [6.07, 6.45) is 10.2. The summed E-state index contributed by atoms with van der Waals surface area (Å²) >= 11 is 0. The topological polar surface area (TPSA) is 99.6 Å². The quantitative estimate of drug-likeness (QED) is 0.513. The van der Waals surface area contributed by atoms with Gasteiger partial charge in [-0.2, -0.15) is 0 Å². The maximum absolute atomic E-state index is 13.7. The fraction of sp³-hybridized carbons (Fsp3) is 0.448. The van der Waals surface area contributed by atoms with Gasteiger partial charge < -0.3 is 15.3 Å². The summed E-state index contributed by atoms with van der Waals surface area (Å²) < 4.78 is 0. The minimum absolute atomic E-state index is 0.0104. The number of hydrogen-bond donors (Lipinski definition) is 2. The van der Waals surface area contributed by atoms with Gasteiger partial charge in [0, 0.05) is 35.8 Å². The molecule has 1 saturated heterocycles. The van der Waals surface area contributed by atoms with Gasteiger partial charge in [-0.05, 0) is 80.9 Å². The van der Waals surface area contributed by atoms with E-state index in [2.05, 4.69) is 10.3 Å². The van der Waals surface area contributed by atoms with Crippen molar-refractivity contribution in [2.24, 2.45) is 11.3 Å². The number of amides is 2. The molecule has 0 atom stereocenters. The number of anilines is 1. The second-order valence-electron chi connectivity index (χ2n) is 10.2. The van der Waals surface area contributed by atoms with Gasteiger partial charge in [-0.3, -0.25) is 9.59 Å². The summed E-state index contributed by atoms with van der Waals surface area (Å²) in [5, 5.41) is 12.0. The zero-order chi connectivity index (χ0) is 25.5. The minimum Gasteiger partial charge on any atom is -0.478 e. The second-order valence-corrected chi connectivity index (χ2v) is 10.2. The summed E-state index contributed by atoms with van der Waals surface area (Å²) in [5.41, 5.74) is 1.69. The molecule has 7 heteroatoms. The number of hydrogen-bond acceptors (Lipinski definition) is 4. The number of likely N-dealkylation sites (tertiary alicyclic amines) is 1. The van der Waals surface area contributed by atoms with Gasteiger partial charge in [0.25, 0.3) is 5.91 Å². The van der Waals surface area contributed by atoms with Crippen LogP contribution in [0.1, 0.15) is 73.0 Å². The molecule has 2 aromatic rings. The van der Waals surface area contributed by atoms with E-state index in [1.54, 1.807) is 12.1 Å². The summed E-state index contributed by atoms with van der Waals surface area (Å²) in [5.74, 6) is -0.0760. The molecule has 0 spiro atoms. The van der Waals surface area contributed by atoms with E-state index in [1.165, 1.54) is 6.08 Å². The lowest BCUT2D eigenvalue weighted by Crippen LogP contribution is -2.43. The number of rotatable bonds is 7. The van der Waals surface area contributed by atoms with Crippen LogP contribution < -0.4 is 5.32 Å². The molecule has 2 fully saturated rings. The molecule has 2 aliphatic rings. The third kappa shape index (κ3) is 6.39. The van der Waals surface area contributed by atoms with E-state index in [0.29, 0.717) is 23.0 Å². The fourth-order valence-corrected chi connectivity index (χ4v) is 5.68. The Morgan fingerprint density at radius 3 is 2.44 bits per heavy atom. The number of piperidine rings is 1. The first-order valence-electron chi connectivity index (χ1n) is 12.9. The molecular formula is C29H35N3O4. The molecule has 1 aromatic carbocycles. The van der Waals surface area contributed by atoms with Gasteiger partial charge in [0.1, 0.15) is 5.82 Å². The smallest absolute Gasteiger partial charge is 0.328 e. The molecule has 4 rings (SSSR count). The van der Waals surface area contributed by atoms with Gasteiger partial charge in [0.2, 0.25) is 5.91 Å². The molecule has 0 bridgehead atoms. The SMILES string of the molecule is Cc1cc(/C=C/C(=O)O)cc(NC(=O)C2(CC3CCN(C(=O)c4ccccc4)CC3)CCCCC2)n1. The number of pyridine rings is 1. The third-order valence-electron chi connectivity index (χ3n) is 7.53. The van der Waals surface area contributed by atoms with E-state index in [-0.39, 0.29) is 11.8 Å². The highest BCUT2D eigenvalue weighted by Gasteiger charge is 2.42. The Bertz CT molecular complexity index is 1110. The van der Waals surface area contributed by atoms with E-state index in [0.717, 1.165) is 76.1 Å². The lowest BCUT2D eigenvalue weighted by atomic mass is 9.67. The summed E-state index contributed by atoms with van der Waals surface area (Å²) in [4.78, 5) is 43.8. The summed E-state index contributed by atoms with van der Waals surface area (Å²) in [6.45, 7) is 3.26. The van der Waals surface area contributed by atoms with Crippen LogP contribution in [0.4, 0.5) is 5.82 Å². The Morgan fingerprint density at radius 2 is 1.78 bits per heavy atom. The number of carbonyl (C=O) groups excluding carboxylic acids is 2. The minimum atomic E-state index is -1.02. The van der Waals surface area contributed by atoms with Crippen molar-refractivity contribution < 1.29 is 19.5 Å². The Hall–Kier alpha value is -3.48. The highest BCUT2D eigenvalue weighted by Crippen LogP contribution is 2.44. The number of nitrogens with one attached hydrogen (secondary N) is 1. The predicted molar refractivity (Wildman–Crippen MR) is 139 cm³/mol. The largest absolute Gasteiger partial charge is 0.478 e. The average molecular weight is 490 g/mol. The normalized spacial score (nSPS) is 18.2. The highest BCUT2D eigenvalue weighted by atomic mass is 16.4. The van der Waals surface area contributed by atoms with Gasteiger partial charge in [-0.15, -0.1) is 0 Å². The molecule has 1 aliphatic heterocycles. The van der Waals surface area contributed by atoms with E-state index >= 15 is 0 Å². The van der Waals surface area contributed by atoms with E-state index in [9.17, 15) is 14.4 Å². The van der Waals surface area contributed by atoms with Crippen molar-refractivity contribution in [3.63, 3.8) is 0 Å². The van der Waals surface area contributed by atoms with Crippen LogP contribution in [0.25, 0.3) is 6.08 Å². The maximum atomic E-state index is 13.7. The fourth-order valence-electron chi connectivity index (χ4n) is 5.68. The zero-order valence-corrected chi connectivity index (χ0v) is 20.9. The first-order valence-corrected chi connectivity index (χ1v) is 12.9. The number of aryl methyl sites for hydroxylation is 1. The number of carbonyl (C=O) groups is 3. The first-order chi connectivity index (χ1) is 17.3. The molecule has 1 aromatic heterocycles. The standard InChI is InChI=1S/C29H35N3O4/c1-21-18-23(10-11-26(33)34)19-25(30-21)31-28(36)29(14-6-3-7-15-29)20-22-12-16-32(17-13-22)27(35)24-8-4-2-5-9-24/h2,4-5,8-11,18-19,22H,3,6-7,12-17,20H2,1H3,(H,33,34)(H,30,31,36)/b11-10+. The lowest BCUT2D eigenvalue weighted by molar-refractivity contribution is -0.131. The van der Waals surface area contributed by atoms with Crippen molar-refractivity contribution in [1.29, 1.82) is 0 Å². The number of carboxylic acids is 1. The molecule has 2 heterocycles. The van der Waals surface area contributed by atoms with Gasteiger partial charge in [0.05, 0.1) is 0 Å². The van der Waals surface area contributed by atoms with Crippen molar-refractivity contribution >= 4 is 29.7 Å². The van der Waals surface area contributed by atoms with Crippen LogP contribution in [0.15, 0.2) is 48.5 Å². The lowest BCUT2D eigenvalue weighted by Gasteiger charge is -2.41. The van der Waals surface area contributed by atoms with Crippen LogP contribution >= 0.6 is 0 Å². The molecule has 0 unspecified atom stereocenters. The summed E-state index contributed by atoms with van der Waals surface area (Å²) in [7, 11) is 0. The molecule has 7 nitrogen and oxygen atoms in total. The second kappa shape index (κ2) is 11.5. The van der Waals surface area contributed by atoms with Crippen LogP contribution in [-0.2, 0) is 9.59 Å². The van der Waals surface area contributed by atoms with Gasteiger partial charge in [-0.1, -0.05) is 37.5 Å². The molecule has 1 aliphatic carbocycles. The molecule has 1 saturated carbocycles. The van der Waals surface area contributed by atoms with Gasteiger partial charge in [0.15, 0.2) is 0 Å². The number of aliphatic carboxylic acids is 1. The van der Waals surface area contributed by atoms with Crippen LogP contribution in [0.3, 0.4) is 0 Å². The first kappa shape index (κ1) is 25.6. The Morgan fingerprint density at radius 1 is 1.08 bits per heavy atom. The van der Waals surface area contributed by atoms with Gasteiger partial charge >= 0.3 is 5.97 Å². The monoisotopic (exact) mass is 489 g/mol. The van der Waals surface area contributed by atoms with Crippen LogP contribution in [-0.4, -0.2) is 45.9 Å². The number of benzene rings is 1. The van der Waals surface area contributed by atoms with E-state index in [4.69, 9.17) is 5.11 Å². The molecule has 2 amide bonds. The maximum Gasteiger partial charge on any atom is 0.328 e. The van der Waals surface area contributed by atoms with Crippen LogP contribution in [0, 0.1) is 18.3 Å². The number of aromatic nitrogens is 1.